The van der Waals surface area contributed by atoms with Crippen LogP contribution >= 0.6 is 0 Å². The van der Waals surface area contributed by atoms with Crippen molar-refractivity contribution in [1.82, 2.24) is 10.2 Å². The molecule has 19 heavy (non-hydrogen) atoms. The number of hydrogen-bond donors (Lipinski definition) is 3. The lowest BCUT2D eigenvalue weighted by Gasteiger charge is -2.26. The topological polar surface area (TPSA) is 72.8 Å². The van der Waals surface area contributed by atoms with Gasteiger partial charge < -0.3 is 20.4 Å². The molecule has 0 radical (unpaired) electrons. The molecule has 0 saturated heterocycles. The Kier molecular flexibility index (Phi) is 5.47. The molecule has 5 heteroatoms. The first-order valence-electron chi connectivity index (χ1n) is 6.18. The van der Waals surface area contributed by atoms with Crippen LogP contribution in [0.1, 0.15) is 22.8 Å². The second-order valence-corrected chi connectivity index (χ2v) is 5.27. The van der Waals surface area contributed by atoms with Crippen molar-refractivity contribution < 1.29 is 15.0 Å². The third-order valence-electron chi connectivity index (χ3n) is 2.83. The lowest BCUT2D eigenvalue weighted by molar-refractivity contribution is 0.0724. The molecule has 5 nitrogen and oxygen atoms in total. The van der Waals surface area contributed by atoms with Crippen LogP contribution in [0.25, 0.3) is 0 Å². The molecule has 0 heterocycles. The Hall–Kier alpha value is -1.43. The highest BCUT2D eigenvalue weighted by Gasteiger charge is 2.24. The zero-order valence-corrected chi connectivity index (χ0v) is 11.7. The Morgan fingerprint density at radius 2 is 1.74 bits per heavy atom. The molecule has 0 aromatic heterocycles. The van der Waals surface area contributed by atoms with Crippen LogP contribution in [-0.2, 0) is 6.54 Å². The molecule has 1 rings (SSSR count). The zero-order chi connectivity index (χ0) is 14.5. The van der Waals surface area contributed by atoms with E-state index in [1.165, 1.54) is 0 Å². The monoisotopic (exact) mass is 266 g/mol. The largest absolute Gasteiger partial charge is 0.394 e. The summed E-state index contributed by atoms with van der Waals surface area (Å²) in [5.41, 5.74) is 0.628. The summed E-state index contributed by atoms with van der Waals surface area (Å²) in [5.74, 6) is -0.304. The van der Waals surface area contributed by atoms with Crippen LogP contribution in [0.15, 0.2) is 24.3 Å². The lowest BCUT2D eigenvalue weighted by Crippen LogP contribution is -2.51. The maximum atomic E-state index is 12.0. The normalized spacial score (nSPS) is 11.7. The predicted octanol–water partition coefficient (Wildman–Crippen LogP) is 0.221. The molecule has 0 spiro atoms. The molecule has 3 N–H and O–H groups in total. The van der Waals surface area contributed by atoms with E-state index < -0.39 is 5.54 Å². The Balaban J connectivity index is 2.73. The molecule has 0 fully saturated rings. The van der Waals surface area contributed by atoms with Gasteiger partial charge in [0.2, 0.25) is 0 Å². The first-order chi connectivity index (χ1) is 8.90. The summed E-state index contributed by atoms with van der Waals surface area (Å²) in [6, 6.07) is 7.26. The third kappa shape index (κ3) is 4.63. The summed E-state index contributed by atoms with van der Waals surface area (Å²) in [5, 5.41) is 20.9. The highest BCUT2D eigenvalue weighted by molar-refractivity contribution is 5.94. The number of carbonyl (C=O) groups excluding carboxylic acids is 1. The van der Waals surface area contributed by atoms with Crippen LogP contribution < -0.4 is 5.32 Å². The standard InChI is InChI=1S/C14H22N2O3/c1-14(9-17,10-18)15-13(19)12-6-4-11(5-7-12)8-16(2)3/h4-7,17-18H,8-10H2,1-3H3,(H,15,19). The first-order valence-corrected chi connectivity index (χ1v) is 6.18. The molecule has 0 bridgehead atoms. The van der Waals surface area contributed by atoms with E-state index in [9.17, 15) is 4.79 Å². The number of nitrogens with one attached hydrogen (secondary N) is 1. The second kappa shape index (κ2) is 6.65. The van der Waals surface area contributed by atoms with Crippen molar-refractivity contribution in [2.24, 2.45) is 0 Å². The van der Waals surface area contributed by atoms with Gasteiger partial charge in [-0.15, -0.1) is 0 Å². The molecule has 0 aliphatic heterocycles. The fourth-order valence-corrected chi connectivity index (χ4v) is 1.60. The van der Waals surface area contributed by atoms with E-state index in [0.717, 1.165) is 12.1 Å². The number of rotatable bonds is 6. The van der Waals surface area contributed by atoms with Crippen molar-refractivity contribution in [1.29, 1.82) is 0 Å². The van der Waals surface area contributed by atoms with Gasteiger partial charge in [-0.05, 0) is 38.7 Å². The van der Waals surface area contributed by atoms with Gasteiger partial charge in [0, 0.05) is 12.1 Å². The van der Waals surface area contributed by atoms with Crippen molar-refractivity contribution in [3.05, 3.63) is 35.4 Å². The average molecular weight is 266 g/mol. The molecule has 1 aromatic rings. The van der Waals surface area contributed by atoms with Gasteiger partial charge in [0.1, 0.15) is 0 Å². The van der Waals surface area contributed by atoms with Gasteiger partial charge in [0.05, 0.1) is 18.8 Å². The summed E-state index contributed by atoms with van der Waals surface area (Å²) in [6.07, 6.45) is 0. The van der Waals surface area contributed by atoms with Crippen LogP contribution in [0, 0.1) is 0 Å². The van der Waals surface area contributed by atoms with Crippen molar-refractivity contribution in [3.8, 4) is 0 Å². The molecule has 0 aliphatic rings. The van der Waals surface area contributed by atoms with E-state index in [1.807, 2.05) is 31.1 Å². The molecule has 1 aromatic carbocycles. The Labute approximate surface area is 113 Å². The molecule has 0 atom stereocenters. The number of benzene rings is 1. The zero-order valence-electron chi connectivity index (χ0n) is 11.7. The molecule has 0 unspecified atom stereocenters. The highest BCUT2D eigenvalue weighted by atomic mass is 16.3. The molecular weight excluding hydrogens is 244 g/mol. The number of amides is 1. The van der Waals surface area contributed by atoms with Crippen LogP contribution in [0.3, 0.4) is 0 Å². The highest BCUT2D eigenvalue weighted by Crippen LogP contribution is 2.08. The minimum Gasteiger partial charge on any atom is -0.394 e. The van der Waals surface area contributed by atoms with Gasteiger partial charge in [-0.2, -0.15) is 0 Å². The van der Waals surface area contributed by atoms with Gasteiger partial charge in [-0.25, -0.2) is 0 Å². The molecule has 0 saturated carbocycles. The summed E-state index contributed by atoms with van der Waals surface area (Å²) in [7, 11) is 3.96. The van der Waals surface area contributed by atoms with Crippen molar-refractivity contribution in [2.45, 2.75) is 19.0 Å². The fourth-order valence-electron chi connectivity index (χ4n) is 1.60. The fraction of sp³-hybridized carbons (Fsp3) is 0.500. The number of nitrogens with zero attached hydrogens (tertiary/aromatic N) is 1. The van der Waals surface area contributed by atoms with Gasteiger partial charge in [0.25, 0.3) is 5.91 Å². The Morgan fingerprint density at radius 1 is 1.21 bits per heavy atom. The summed E-state index contributed by atoms with van der Waals surface area (Å²) >= 11 is 0. The molecular formula is C14H22N2O3. The first kappa shape index (κ1) is 15.6. The maximum absolute atomic E-state index is 12.0. The van der Waals surface area contributed by atoms with Crippen molar-refractivity contribution in [3.63, 3.8) is 0 Å². The molecule has 106 valence electrons. The minimum atomic E-state index is -1.00. The second-order valence-electron chi connectivity index (χ2n) is 5.27. The summed E-state index contributed by atoms with van der Waals surface area (Å²) in [4.78, 5) is 14.0. The number of carbonyl (C=O) groups is 1. The van der Waals surface area contributed by atoms with Crippen molar-refractivity contribution in [2.75, 3.05) is 27.3 Å². The van der Waals surface area contributed by atoms with E-state index in [0.29, 0.717) is 5.56 Å². The quantitative estimate of drug-likeness (QED) is 0.689. The number of hydrogen-bond acceptors (Lipinski definition) is 4. The van der Waals surface area contributed by atoms with Crippen LogP contribution in [0.2, 0.25) is 0 Å². The van der Waals surface area contributed by atoms with Crippen molar-refractivity contribution >= 4 is 5.91 Å². The summed E-state index contributed by atoms with van der Waals surface area (Å²) < 4.78 is 0. The average Bonchev–Trinajstić information content (AvgIpc) is 2.38. The molecule has 1 amide bonds. The van der Waals surface area contributed by atoms with Gasteiger partial charge in [0.15, 0.2) is 0 Å². The van der Waals surface area contributed by atoms with E-state index >= 15 is 0 Å². The molecule has 0 aliphatic carbocycles. The SMILES string of the molecule is CN(C)Cc1ccc(C(=O)NC(C)(CO)CO)cc1. The van der Waals surface area contributed by atoms with Crippen LogP contribution in [-0.4, -0.2) is 53.9 Å². The predicted molar refractivity (Wildman–Crippen MR) is 73.9 cm³/mol. The van der Waals surface area contributed by atoms with E-state index in [1.54, 1.807) is 19.1 Å². The lowest BCUT2D eigenvalue weighted by atomic mass is 10.0. The Bertz CT molecular complexity index is 411. The van der Waals surface area contributed by atoms with Gasteiger partial charge >= 0.3 is 0 Å². The maximum Gasteiger partial charge on any atom is 0.251 e. The van der Waals surface area contributed by atoms with Crippen LogP contribution in [0.4, 0.5) is 0 Å². The minimum absolute atomic E-state index is 0.304. The van der Waals surface area contributed by atoms with Gasteiger partial charge in [-0.1, -0.05) is 12.1 Å². The van der Waals surface area contributed by atoms with E-state index in [-0.39, 0.29) is 19.1 Å². The summed E-state index contributed by atoms with van der Waals surface area (Å²) in [6.45, 7) is 1.78. The van der Waals surface area contributed by atoms with E-state index in [2.05, 4.69) is 5.32 Å². The number of aliphatic hydroxyl groups is 2. The Morgan fingerprint density at radius 3 is 2.16 bits per heavy atom. The third-order valence-corrected chi connectivity index (χ3v) is 2.83. The van der Waals surface area contributed by atoms with Crippen LogP contribution in [0.5, 0.6) is 0 Å². The van der Waals surface area contributed by atoms with Gasteiger partial charge in [-0.3, -0.25) is 4.79 Å². The smallest absolute Gasteiger partial charge is 0.251 e. The number of aliphatic hydroxyl groups excluding tert-OH is 2. The van der Waals surface area contributed by atoms with E-state index in [4.69, 9.17) is 10.2 Å².